The standard InChI is InChI=1S/C14H12O3/c1-3-16-13(15)8-7-12-9-11-6-4-5-10(2)14(11)17-12/h4-6,9H,3H2,1-2H3. The molecule has 1 aromatic heterocycles. The molecule has 0 unspecified atom stereocenters. The van der Waals surface area contributed by atoms with E-state index in [9.17, 15) is 4.79 Å². The summed E-state index contributed by atoms with van der Waals surface area (Å²) in [6, 6.07) is 7.68. The van der Waals surface area contributed by atoms with Crippen molar-refractivity contribution in [1.29, 1.82) is 0 Å². The molecule has 86 valence electrons. The fourth-order valence-corrected chi connectivity index (χ4v) is 1.55. The molecule has 0 spiro atoms. The first-order valence-corrected chi connectivity index (χ1v) is 5.38. The summed E-state index contributed by atoms with van der Waals surface area (Å²) in [5.74, 6) is 4.97. The van der Waals surface area contributed by atoms with Crippen LogP contribution in [0.3, 0.4) is 0 Å². The van der Waals surface area contributed by atoms with Crippen LogP contribution in [-0.4, -0.2) is 12.6 Å². The van der Waals surface area contributed by atoms with Crippen molar-refractivity contribution in [3.63, 3.8) is 0 Å². The second kappa shape index (κ2) is 4.75. The molecule has 0 aliphatic carbocycles. The first kappa shape index (κ1) is 11.3. The number of carbonyl (C=O) groups excluding carboxylic acids is 1. The van der Waals surface area contributed by atoms with Crippen molar-refractivity contribution >= 4 is 16.9 Å². The van der Waals surface area contributed by atoms with Crippen molar-refractivity contribution in [1.82, 2.24) is 0 Å². The maximum atomic E-state index is 11.1. The molecule has 0 saturated heterocycles. The quantitative estimate of drug-likeness (QED) is 0.556. The topological polar surface area (TPSA) is 39.4 Å². The Balaban J connectivity index is 2.31. The van der Waals surface area contributed by atoms with E-state index in [1.54, 1.807) is 6.92 Å². The molecule has 0 saturated carbocycles. The van der Waals surface area contributed by atoms with Crippen molar-refractivity contribution in [2.45, 2.75) is 13.8 Å². The number of para-hydroxylation sites is 1. The summed E-state index contributed by atoms with van der Waals surface area (Å²) in [6.45, 7) is 4.03. The lowest BCUT2D eigenvalue weighted by atomic mass is 10.2. The number of benzene rings is 1. The van der Waals surface area contributed by atoms with E-state index in [0.717, 1.165) is 16.5 Å². The monoisotopic (exact) mass is 228 g/mol. The Bertz CT molecular complexity index is 611. The summed E-state index contributed by atoms with van der Waals surface area (Å²) in [6.07, 6.45) is 0. The molecule has 3 nitrogen and oxygen atoms in total. The van der Waals surface area contributed by atoms with Crippen molar-refractivity contribution in [2.75, 3.05) is 6.61 Å². The van der Waals surface area contributed by atoms with E-state index in [1.807, 2.05) is 31.2 Å². The molecule has 3 heteroatoms. The van der Waals surface area contributed by atoms with Gasteiger partial charge in [0, 0.05) is 17.4 Å². The van der Waals surface area contributed by atoms with Gasteiger partial charge in [-0.15, -0.1) is 0 Å². The lowest BCUT2D eigenvalue weighted by molar-refractivity contribution is -0.136. The average molecular weight is 228 g/mol. The molecule has 0 amide bonds. The van der Waals surface area contributed by atoms with Gasteiger partial charge in [-0.2, -0.15) is 0 Å². The number of hydrogen-bond acceptors (Lipinski definition) is 3. The number of aryl methyl sites for hydroxylation is 1. The van der Waals surface area contributed by atoms with E-state index in [2.05, 4.69) is 11.8 Å². The summed E-state index contributed by atoms with van der Waals surface area (Å²) in [7, 11) is 0. The lowest BCUT2D eigenvalue weighted by Crippen LogP contribution is -1.99. The van der Waals surface area contributed by atoms with Crippen LogP contribution in [0.15, 0.2) is 28.7 Å². The third-order valence-electron chi connectivity index (χ3n) is 2.30. The van der Waals surface area contributed by atoms with E-state index in [-0.39, 0.29) is 0 Å². The average Bonchev–Trinajstić information content (AvgIpc) is 2.71. The molecule has 2 rings (SSSR count). The van der Waals surface area contributed by atoms with Gasteiger partial charge in [-0.05, 0) is 25.3 Å². The van der Waals surface area contributed by atoms with Crippen molar-refractivity contribution in [3.8, 4) is 11.8 Å². The Morgan fingerprint density at radius 3 is 3.00 bits per heavy atom. The van der Waals surface area contributed by atoms with E-state index >= 15 is 0 Å². The molecule has 1 aromatic carbocycles. The second-order valence-electron chi connectivity index (χ2n) is 3.57. The van der Waals surface area contributed by atoms with Gasteiger partial charge in [0.25, 0.3) is 0 Å². The zero-order valence-corrected chi connectivity index (χ0v) is 9.74. The van der Waals surface area contributed by atoms with Crippen LogP contribution in [0.1, 0.15) is 18.2 Å². The van der Waals surface area contributed by atoms with Crippen LogP contribution in [0.5, 0.6) is 0 Å². The van der Waals surface area contributed by atoms with Crippen molar-refractivity contribution in [2.24, 2.45) is 0 Å². The highest BCUT2D eigenvalue weighted by atomic mass is 16.5. The van der Waals surface area contributed by atoms with Gasteiger partial charge in [0.05, 0.1) is 6.61 Å². The number of esters is 1. The molecule has 0 radical (unpaired) electrons. The minimum Gasteiger partial charge on any atom is -0.456 e. The third-order valence-corrected chi connectivity index (χ3v) is 2.30. The molecule has 17 heavy (non-hydrogen) atoms. The predicted octanol–water partition coefficient (Wildman–Crippen LogP) is 2.66. The zero-order valence-electron chi connectivity index (χ0n) is 9.74. The molecular formula is C14H12O3. The van der Waals surface area contributed by atoms with Crippen molar-refractivity contribution in [3.05, 3.63) is 35.6 Å². The number of fused-ring (bicyclic) bond motifs is 1. The molecule has 2 aromatic rings. The van der Waals surface area contributed by atoms with Gasteiger partial charge in [0.2, 0.25) is 0 Å². The molecule has 1 heterocycles. The van der Waals surface area contributed by atoms with Crippen LogP contribution >= 0.6 is 0 Å². The number of hydrogen-bond donors (Lipinski definition) is 0. The molecular weight excluding hydrogens is 216 g/mol. The second-order valence-corrected chi connectivity index (χ2v) is 3.57. The Hall–Kier alpha value is -2.21. The predicted molar refractivity (Wildman–Crippen MR) is 64.5 cm³/mol. The largest absolute Gasteiger partial charge is 0.456 e. The first-order chi connectivity index (χ1) is 8.20. The Morgan fingerprint density at radius 1 is 1.47 bits per heavy atom. The summed E-state index contributed by atoms with van der Waals surface area (Å²) >= 11 is 0. The highest BCUT2D eigenvalue weighted by Gasteiger charge is 2.03. The van der Waals surface area contributed by atoms with Gasteiger partial charge in [-0.3, -0.25) is 0 Å². The maximum Gasteiger partial charge on any atom is 0.384 e. The van der Waals surface area contributed by atoms with Gasteiger partial charge >= 0.3 is 5.97 Å². The molecule has 0 aliphatic heterocycles. The molecule has 0 atom stereocenters. The third kappa shape index (κ3) is 2.48. The molecule has 0 bridgehead atoms. The van der Waals surface area contributed by atoms with Gasteiger partial charge < -0.3 is 9.15 Å². The maximum absolute atomic E-state index is 11.1. The van der Waals surface area contributed by atoms with Gasteiger partial charge in [-0.1, -0.05) is 18.2 Å². The van der Waals surface area contributed by atoms with Crippen LogP contribution in [0.4, 0.5) is 0 Å². The zero-order chi connectivity index (χ0) is 12.3. The minimum atomic E-state index is -0.537. The number of carbonyl (C=O) groups is 1. The molecule has 0 fully saturated rings. The summed E-state index contributed by atoms with van der Waals surface area (Å²) in [5.41, 5.74) is 1.85. The Labute approximate surface area is 99.4 Å². The molecule has 0 aliphatic rings. The van der Waals surface area contributed by atoms with Crippen molar-refractivity contribution < 1.29 is 13.9 Å². The van der Waals surface area contributed by atoms with Gasteiger partial charge in [0.1, 0.15) is 5.58 Å². The lowest BCUT2D eigenvalue weighted by Gasteiger charge is -1.91. The fraction of sp³-hybridized carbons (Fsp3) is 0.214. The number of rotatable bonds is 1. The summed E-state index contributed by atoms with van der Waals surface area (Å²) in [5, 5.41) is 0.984. The van der Waals surface area contributed by atoms with E-state index < -0.39 is 5.97 Å². The molecule has 0 N–H and O–H groups in total. The van der Waals surface area contributed by atoms with Crippen LogP contribution in [-0.2, 0) is 9.53 Å². The highest BCUT2D eigenvalue weighted by molar-refractivity contribution is 5.89. The summed E-state index contributed by atoms with van der Waals surface area (Å²) in [4.78, 5) is 11.1. The number of ether oxygens (including phenoxy) is 1. The Morgan fingerprint density at radius 2 is 2.29 bits per heavy atom. The number of furan rings is 1. The van der Waals surface area contributed by atoms with Gasteiger partial charge in [0.15, 0.2) is 5.76 Å². The SMILES string of the molecule is CCOC(=O)C#Cc1cc2cccc(C)c2o1. The smallest absolute Gasteiger partial charge is 0.384 e. The first-order valence-electron chi connectivity index (χ1n) is 5.38. The van der Waals surface area contributed by atoms with E-state index in [1.165, 1.54) is 0 Å². The van der Waals surface area contributed by atoms with Crippen LogP contribution in [0.25, 0.3) is 11.0 Å². The minimum absolute atomic E-state index is 0.326. The van der Waals surface area contributed by atoms with E-state index in [0.29, 0.717) is 12.4 Å². The Kier molecular flexibility index (Phi) is 3.15. The highest BCUT2D eigenvalue weighted by Crippen LogP contribution is 2.21. The van der Waals surface area contributed by atoms with Crippen LogP contribution < -0.4 is 0 Å². The fourth-order valence-electron chi connectivity index (χ4n) is 1.55. The van der Waals surface area contributed by atoms with Crippen LogP contribution in [0.2, 0.25) is 0 Å². The normalized spacial score (nSPS) is 9.76. The van der Waals surface area contributed by atoms with Gasteiger partial charge in [-0.25, -0.2) is 4.79 Å². The van der Waals surface area contributed by atoms with Crippen LogP contribution in [0, 0.1) is 18.8 Å². The van der Waals surface area contributed by atoms with E-state index in [4.69, 9.17) is 9.15 Å². The summed E-state index contributed by atoms with van der Waals surface area (Å²) < 4.78 is 10.3.